The second-order valence-electron chi connectivity index (χ2n) is 6.63. The topological polar surface area (TPSA) is 46.5 Å². The van der Waals surface area contributed by atoms with E-state index < -0.39 is 0 Å². The number of phenolic OH excluding ortho intramolecular Hbond substituents is 1. The number of esters is 1. The molecule has 0 atom stereocenters. The Labute approximate surface area is 153 Å². The highest BCUT2D eigenvalue weighted by molar-refractivity contribution is 5.87. The lowest BCUT2D eigenvalue weighted by Crippen LogP contribution is -2.02. The van der Waals surface area contributed by atoms with Gasteiger partial charge in [-0.2, -0.15) is 0 Å². The number of ether oxygens (including phenoxy) is 1. The molecule has 0 amide bonds. The van der Waals surface area contributed by atoms with E-state index in [1.807, 2.05) is 0 Å². The van der Waals surface area contributed by atoms with Crippen molar-refractivity contribution in [1.82, 2.24) is 0 Å². The van der Waals surface area contributed by atoms with Crippen LogP contribution >= 0.6 is 0 Å². The summed E-state index contributed by atoms with van der Waals surface area (Å²) in [4.78, 5) is 11.6. The zero-order valence-corrected chi connectivity index (χ0v) is 15.7. The van der Waals surface area contributed by atoms with Gasteiger partial charge in [-0.15, -0.1) is 0 Å². The zero-order chi connectivity index (χ0) is 18.2. The Morgan fingerprint density at radius 1 is 0.880 bits per heavy atom. The van der Waals surface area contributed by atoms with Gasteiger partial charge in [0.2, 0.25) is 0 Å². The van der Waals surface area contributed by atoms with Crippen molar-refractivity contribution in [3.63, 3.8) is 0 Å². The van der Waals surface area contributed by atoms with Gasteiger partial charge in [-0.25, -0.2) is 4.79 Å². The molecule has 1 rings (SSSR count). The number of unbranched alkanes of at least 4 members (excludes halogenated alkanes) is 10. The third-order valence-electron chi connectivity index (χ3n) is 4.30. The highest BCUT2D eigenvalue weighted by Gasteiger charge is 1.98. The van der Waals surface area contributed by atoms with Crippen LogP contribution in [0.3, 0.4) is 0 Å². The maximum Gasteiger partial charge on any atom is 0.330 e. The molecule has 0 bridgehead atoms. The Bertz CT molecular complexity index is 477. The summed E-state index contributed by atoms with van der Waals surface area (Å²) in [6.45, 7) is 2.75. The smallest absolute Gasteiger partial charge is 0.330 e. The second kappa shape index (κ2) is 14.6. The van der Waals surface area contributed by atoms with Crippen LogP contribution in [-0.2, 0) is 9.53 Å². The average Bonchev–Trinajstić information content (AvgIpc) is 2.62. The minimum absolute atomic E-state index is 0.219. The fourth-order valence-corrected chi connectivity index (χ4v) is 2.74. The lowest BCUT2D eigenvalue weighted by Gasteiger charge is -2.03. The molecule has 0 fully saturated rings. The van der Waals surface area contributed by atoms with Crippen molar-refractivity contribution in [2.24, 2.45) is 0 Å². The molecule has 1 aromatic rings. The largest absolute Gasteiger partial charge is 0.508 e. The van der Waals surface area contributed by atoms with Gasteiger partial charge in [0.05, 0.1) is 6.61 Å². The van der Waals surface area contributed by atoms with E-state index in [2.05, 4.69) is 6.92 Å². The first-order valence-electron chi connectivity index (χ1n) is 9.86. The molecule has 0 unspecified atom stereocenters. The molecule has 140 valence electrons. The quantitative estimate of drug-likeness (QED) is 0.246. The molecule has 0 saturated heterocycles. The Balaban J connectivity index is 1.92. The highest BCUT2D eigenvalue weighted by Crippen LogP contribution is 2.12. The third kappa shape index (κ3) is 12.3. The van der Waals surface area contributed by atoms with Crippen molar-refractivity contribution in [3.05, 3.63) is 35.9 Å². The van der Waals surface area contributed by atoms with Crippen LogP contribution in [0.1, 0.15) is 83.1 Å². The maximum absolute atomic E-state index is 11.6. The summed E-state index contributed by atoms with van der Waals surface area (Å²) in [5.41, 5.74) is 0.865. The zero-order valence-electron chi connectivity index (χ0n) is 15.7. The monoisotopic (exact) mass is 346 g/mol. The van der Waals surface area contributed by atoms with Gasteiger partial charge in [0.25, 0.3) is 0 Å². The maximum atomic E-state index is 11.6. The van der Waals surface area contributed by atoms with Crippen LogP contribution in [-0.4, -0.2) is 17.7 Å². The van der Waals surface area contributed by atoms with E-state index in [-0.39, 0.29) is 11.7 Å². The first-order valence-corrected chi connectivity index (χ1v) is 9.86. The molecule has 1 N–H and O–H groups in total. The molecule has 0 aliphatic rings. The van der Waals surface area contributed by atoms with Crippen LogP contribution in [0.25, 0.3) is 6.08 Å². The van der Waals surface area contributed by atoms with E-state index in [1.165, 1.54) is 63.9 Å². The second-order valence-corrected chi connectivity index (χ2v) is 6.63. The van der Waals surface area contributed by atoms with Gasteiger partial charge in [0, 0.05) is 6.08 Å². The first-order chi connectivity index (χ1) is 12.2. The number of hydrogen-bond donors (Lipinski definition) is 1. The molecule has 0 heterocycles. The Kier molecular flexibility index (Phi) is 12.4. The van der Waals surface area contributed by atoms with Gasteiger partial charge in [-0.05, 0) is 30.2 Å². The van der Waals surface area contributed by atoms with E-state index >= 15 is 0 Å². The standard InChI is InChI=1S/C22H34O3/c1-2-3-4-5-6-7-8-9-10-11-12-19-25-22(24)18-15-20-13-16-21(23)17-14-20/h13-18,23H,2-12,19H2,1H3/b18-15+. The summed E-state index contributed by atoms with van der Waals surface area (Å²) in [5.74, 6) is -0.0867. The number of aromatic hydroxyl groups is 1. The van der Waals surface area contributed by atoms with Gasteiger partial charge in [-0.1, -0.05) is 83.3 Å². The molecule has 0 aliphatic heterocycles. The van der Waals surface area contributed by atoms with Crippen molar-refractivity contribution in [2.45, 2.75) is 77.6 Å². The van der Waals surface area contributed by atoms with Crippen molar-refractivity contribution in [1.29, 1.82) is 0 Å². The van der Waals surface area contributed by atoms with Gasteiger partial charge in [0.15, 0.2) is 0 Å². The summed E-state index contributed by atoms with van der Waals surface area (Å²) in [5, 5.41) is 9.20. The Morgan fingerprint density at radius 2 is 1.40 bits per heavy atom. The predicted octanol–water partition coefficient (Wildman–Crippen LogP) is 6.26. The van der Waals surface area contributed by atoms with E-state index in [4.69, 9.17) is 4.74 Å². The molecule has 3 heteroatoms. The minimum Gasteiger partial charge on any atom is -0.508 e. The number of hydrogen-bond acceptors (Lipinski definition) is 3. The van der Waals surface area contributed by atoms with Crippen LogP contribution < -0.4 is 0 Å². The molecule has 0 aromatic heterocycles. The number of carbonyl (C=O) groups excluding carboxylic acids is 1. The molecule has 0 spiro atoms. The average molecular weight is 347 g/mol. The highest BCUT2D eigenvalue weighted by atomic mass is 16.5. The van der Waals surface area contributed by atoms with E-state index in [1.54, 1.807) is 30.3 Å². The number of benzene rings is 1. The van der Waals surface area contributed by atoms with Crippen LogP contribution in [0.5, 0.6) is 5.75 Å². The molecule has 3 nitrogen and oxygen atoms in total. The minimum atomic E-state index is -0.305. The normalized spacial score (nSPS) is 11.1. The summed E-state index contributed by atoms with van der Waals surface area (Å²) in [6, 6.07) is 6.69. The van der Waals surface area contributed by atoms with Crippen LogP contribution in [0.15, 0.2) is 30.3 Å². The number of carbonyl (C=O) groups is 1. The fraction of sp³-hybridized carbons (Fsp3) is 0.591. The molecule has 1 aromatic carbocycles. The summed E-state index contributed by atoms with van der Waals surface area (Å²) in [7, 11) is 0. The Morgan fingerprint density at radius 3 is 1.96 bits per heavy atom. The van der Waals surface area contributed by atoms with Gasteiger partial charge in [0.1, 0.15) is 5.75 Å². The van der Waals surface area contributed by atoms with E-state index in [0.717, 1.165) is 18.4 Å². The first kappa shape index (κ1) is 21.3. The van der Waals surface area contributed by atoms with Crippen molar-refractivity contribution in [3.8, 4) is 5.75 Å². The summed E-state index contributed by atoms with van der Waals surface area (Å²) < 4.78 is 5.19. The third-order valence-corrected chi connectivity index (χ3v) is 4.30. The fourth-order valence-electron chi connectivity index (χ4n) is 2.74. The van der Waals surface area contributed by atoms with Crippen LogP contribution in [0.2, 0.25) is 0 Å². The summed E-state index contributed by atoms with van der Waals surface area (Å²) >= 11 is 0. The van der Waals surface area contributed by atoms with E-state index in [9.17, 15) is 9.90 Å². The SMILES string of the molecule is CCCCCCCCCCCCCOC(=O)/C=C/c1ccc(O)cc1. The van der Waals surface area contributed by atoms with Crippen LogP contribution in [0, 0.1) is 0 Å². The van der Waals surface area contributed by atoms with Crippen LogP contribution in [0.4, 0.5) is 0 Å². The molecule has 0 radical (unpaired) electrons. The number of rotatable bonds is 14. The summed E-state index contributed by atoms with van der Waals surface area (Å²) in [6.07, 6.45) is 17.3. The molecular formula is C22H34O3. The predicted molar refractivity (Wildman–Crippen MR) is 105 cm³/mol. The molecule has 0 saturated carbocycles. The molecular weight excluding hydrogens is 312 g/mol. The van der Waals surface area contributed by atoms with Gasteiger partial charge < -0.3 is 9.84 Å². The number of phenols is 1. The van der Waals surface area contributed by atoms with Crippen molar-refractivity contribution in [2.75, 3.05) is 6.61 Å². The van der Waals surface area contributed by atoms with Crippen molar-refractivity contribution >= 4 is 12.0 Å². The lowest BCUT2D eigenvalue weighted by atomic mass is 10.1. The van der Waals surface area contributed by atoms with E-state index in [0.29, 0.717) is 6.61 Å². The van der Waals surface area contributed by atoms with Gasteiger partial charge in [-0.3, -0.25) is 0 Å². The molecule has 25 heavy (non-hydrogen) atoms. The van der Waals surface area contributed by atoms with Gasteiger partial charge >= 0.3 is 5.97 Å². The van der Waals surface area contributed by atoms with Crippen molar-refractivity contribution < 1.29 is 14.6 Å². The Hall–Kier alpha value is -1.77. The lowest BCUT2D eigenvalue weighted by molar-refractivity contribution is -0.137. The molecule has 0 aliphatic carbocycles.